The normalized spacial score (nSPS) is 10.6. The lowest BCUT2D eigenvalue weighted by molar-refractivity contribution is 0.606. The Morgan fingerprint density at radius 3 is 2.62 bits per heavy atom. The summed E-state index contributed by atoms with van der Waals surface area (Å²) in [6, 6.07) is 8.64. The van der Waals surface area contributed by atoms with E-state index in [1.54, 1.807) is 0 Å². The van der Waals surface area contributed by atoms with E-state index in [-0.39, 0.29) is 0 Å². The Labute approximate surface area is 112 Å². The Kier molecular flexibility index (Phi) is 7.80. The third kappa shape index (κ3) is 5.82. The Bertz CT molecular complexity index is 289. The van der Waals surface area contributed by atoms with Crippen molar-refractivity contribution in [3.8, 4) is 0 Å². The molecule has 1 rings (SSSR count). The summed E-state index contributed by atoms with van der Waals surface area (Å²) in [5.41, 5.74) is 1.48. The molecule has 0 heterocycles. The van der Waals surface area contributed by atoms with Gasteiger partial charge in [-0.15, -0.1) is 0 Å². The highest BCUT2D eigenvalue weighted by atomic mass is 127. The minimum atomic E-state index is 1.05. The van der Waals surface area contributed by atoms with Gasteiger partial charge in [-0.3, -0.25) is 0 Å². The van der Waals surface area contributed by atoms with Crippen LogP contribution in [0.2, 0.25) is 0 Å². The van der Waals surface area contributed by atoms with Gasteiger partial charge in [0.05, 0.1) is 0 Å². The predicted octanol–water partition coefficient (Wildman–Crippen LogP) is 2.42. The molecule has 0 saturated heterocycles. The van der Waals surface area contributed by atoms with Gasteiger partial charge < -0.3 is 10.6 Å². The van der Waals surface area contributed by atoms with Gasteiger partial charge in [0.25, 0.3) is 0 Å². The second kappa shape index (κ2) is 8.96. The molecule has 0 saturated carbocycles. The Balaban J connectivity index is 2.05. The first-order valence-electron chi connectivity index (χ1n) is 5.93. The maximum atomic E-state index is 3.42. The summed E-state index contributed by atoms with van der Waals surface area (Å²) in [6.45, 7) is 3.25. The van der Waals surface area contributed by atoms with Gasteiger partial charge >= 0.3 is 0 Å². The van der Waals surface area contributed by atoms with Crippen LogP contribution in [0.1, 0.15) is 18.4 Å². The van der Waals surface area contributed by atoms with Crippen LogP contribution in [0.15, 0.2) is 24.3 Å². The molecule has 0 amide bonds. The van der Waals surface area contributed by atoms with Crippen LogP contribution in [0.5, 0.6) is 0 Å². The van der Waals surface area contributed by atoms with E-state index in [0.717, 1.165) is 19.6 Å². The van der Waals surface area contributed by atoms with Crippen LogP contribution in [-0.2, 0) is 6.42 Å². The lowest BCUT2D eigenvalue weighted by atomic mass is 10.1. The summed E-state index contributed by atoms with van der Waals surface area (Å²) in [7, 11) is 1.99. The highest BCUT2D eigenvalue weighted by Crippen LogP contribution is 2.13. The Morgan fingerprint density at radius 1 is 1.06 bits per heavy atom. The number of rotatable bonds is 8. The fourth-order valence-corrected chi connectivity index (χ4v) is 2.26. The molecule has 16 heavy (non-hydrogen) atoms. The van der Waals surface area contributed by atoms with Gasteiger partial charge in [0.15, 0.2) is 0 Å². The van der Waals surface area contributed by atoms with Gasteiger partial charge in [-0.25, -0.2) is 0 Å². The molecule has 0 unspecified atom stereocenters. The molecule has 0 aromatic heterocycles. The first kappa shape index (κ1) is 13.9. The maximum Gasteiger partial charge on any atom is 0.0162 e. The molecule has 0 atom stereocenters. The monoisotopic (exact) mass is 332 g/mol. The van der Waals surface area contributed by atoms with Crippen LogP contribution in [0.25, 0.3) is 0 Å². The summed E-state index contributed by atoms with van der Waals surface area (Å²) in [5, 5.41) is 6.55. The summed E-state index contributed by atoms with van der Waals surface area (Å²) in [6.07, 6.45) is 3.73. The zero-order chi connectivity index (χ0) is 11.6. The number of likely N-dealkylation sites (N-methyl/N-ethyl adjacent to an activating group) is 1. The molecule has 3 heteroatoms. The Hall–Kier alpha value is -0.130. The summed E-state index contributed by atoms with van der Waals surface area (Å²) in [4.78, 5) is 0. The van der Waals surface area contributed by atoms with Crippen molar-refractivity contribution >= 4 is 22.6 Å². The summed E-state index contributed by atoms with van der Waals surface area (Å²) < 4.78 is 1.39. The van der Waals surface area contributed by atoms with Crippen molar-refractivity contribution in [2.45, 2.75) is 19.3 Å². The van der Waals surface area contributed by atoms with Crippen molar-refractivity contribution in [1.82, 2.24) is 10.6 Å². The molecule has 2 N–H and O–H groups in total. The molecule has 90 valence electrons. The van der Waals surface area contributed by atoms with E-state index in [0.29, 0.717) is 0 Å². The largest absolute Gasteiger partial charge is 0.318 e. The van der Waals surface area contributed by atoms with Crippen molar-refractivity contribution < 1.29 is 0 Å². The Morgan fingerprint density at radius 2 is 1.88 bits per heavy atom. The number of benzene rings is 1. The van der Waals surface area contributed by atoms with Crippen molar-refractivity contribution in [3.63, 3.8) is 0 Å². The fraction of sp³-hybridized carbons (Fsp3) is 0.538. The predicted molar refractivity (Wildman–Crippen MR) is 78.9 cm³/mol. The first-order chi connectivity index (χ1) is 7.84. The van der Waals surface area contributed by atoms with Crippen LogP contribution < -0.4 is 10.6 Å². The molecule has 0 fully saturated rings. The summed E-state index contributed by atoms with van der Waals surface area (Å²) in [5.74, 6) is 0. The van der Waals surface area contributed by atoms with Crippen molar-refractivity contribution in [2.24, 2.45) is 0 Å². The van der Waals surface area contributed by atoms with Crippen LogP contribution in [0.4, 0.5) is 0 Å². The molecule has 0 aliphatic heterocycles. The fourth-order valence-electron chi connectivity index (χ4n) is 1.60. The van der Waals surface area contributed by atoms with Gasteiger partial charge in [-0.1, -0.05) is 18.2 Å². The van der Waals surface area contributed by atoms with Gasteiger partial charge in [0, 0.05) is 16.7 Å². The van der Waals surface area contributed by atoms with E-state index in [1.807, 2.05) is 7.05 Å². The number of halogens is 1. The molecule has 0 aliphatic carbocycles. The number of unbranched alkanes of at least 4 members (excludes halogenated alkanes) is 1. The third-order valence-electron chi connectivity index (χ3n) is 2.56. The zero-order valence-corrected chi connectivity index (χ0v) is 12.1. The highest BCUT2D eigenvalue weighted by Gasteiger charge is 1.97. The number of nitrogens with one attached hydrogen (secondary N) is 2. The van der Waals surface area contributed by atoms with Gasteiger partial charge in [0.1, 0.15) is 0 Å². The van der Waals surface area contributed by atoms with E-state index in [9.17, 15) is 0 Å². The van der Waals surface area contributed by atoms with Gasteiger partial charge in [-0.05, 0) is 67.1 Å². The van der Waals surface area contributed by atoms with Crippen LogP contribution in [-0.4, -0.2) is 26.7 Å². The molecule has 1 aromatic carbocycles. The van der Waals surface area contributed by atoms with Crippen LogP contribution >= 0.6 is 22.6 Å². The summed E-state index contributed by atoms with van der Waals surface area (Å²) >= 11 is 2.42. The quantitative estimate of drug-likeness (QED) is 0.564. The second-order valence-corrected chi connectivity index (χ2v) is 5.06. The van der Waals surface area contributed by atoms with E-state index in [2.05, 4.69) is 57.5 Å². The van der Waals surface area contributed by atoms with Gasteiger partial charge in [0.2, 0.25) is 0 Å². The highest BCUT2D eigenvalue weighted by molar-refractivity contribution is 14.1. The van der Waals surface area contributed by atoms with E-state index in [4.69, 9.17) is 0 Å². The maximum absolute atomic E-state index is 3.42. The molecule has 0 aliphatic rings. The molecule has 0 bridgehead atoms. The molecule has 0 spiro atoms. The zero-order valence-electron chi connectivity index (χ0n) is 9.93. The first-order valence-corrected chi connectivity index (χ1v) is 7.01. The van der Waals surface area contributed by atoms with Crippen molar-refractivity contribution in [1.29, 1.82) is 0 Å². The van der Waals surface area contributed by atoms with E-state index < -0.39 is 0 Å². The van der Waals surface area contributed by atoms with Gasteiger partial charge in [-0.2, -0.15) is 0 Å². The number of hydrogen-bond donors (Lipinski definition) is 2. The minimum absolute atomic E-state index is 1.05. The lowest BCUT2D eigenvalue weighted by Crippen LogP contribution is -2.25. The third-order valence-corrected chi connectivity index (χ3v) is 3.61. The van der Waals surface area contributed by atoms with Crippen LogP contribution in [0, 0.1) is 3.57 Å². The van der Waals surface area contributed by atoms with Crippen molar-refractivity contribution in [3.05, 3.63) is 33.4 Å². The molecule has 0 radical (unpaired) electrons. The number of aryl methyl sites for hydroxylation is 1. The minimum Gasteiger partial charge on any atom is -0.318 e. The van der Waals surface area contributed by atoms with Crippen molar-refractivity contribution in [2.75, 3.05) is 26.7 Å². The van der Waals surface area contributed by atoms with E-state index >= 15 is 0 Å². The molecular weight excluding hydrogens is 311 g/mol. The number of hydrogen-bond acceptors (Lipinski definition) is 2. The lowest BCUT2D eigenvalue weighted by Gasteiger charge is -2.05. The smallest absolute Gasteiger partial charge is 0.0162 e. The standard InChI is InChI=1S/C13H21IN2/c1-15-10-11-16-9-5-4-7-12-6-2-3-8-13(12)14/h2-3,6,8,15-16H,4-5,7,9-11H2,1H3. The second-order valence-electron chi connectivity index (χ2n) is 3.90. The SMILES string of the molecule is CNCCNCCCCc1ccccc1I. The average Bonchev–Trinajstić information content (AvgIpc) is 2.30. The topological polar surface area (TPSA) is 24.1 Å². The molecular formula is C13H21IN2. The van der Waals surface area contributed by atoms with Crippen LogP contribution in [0.3, 0.4) is 0 Å². The average molecular weight is 332 g/mol. The molecule has 1 aromatic rings. The molecule has 2 nitrogen and oxygen atoms in total. The van der Waals surface area contributed by atoms with E-state index in [1.165, 1.54) is 28.4 Å².